The highest BCUT2D eigenvalue weighted by Gasteiger charge is 2.23. The molecule has 0 amide bonds. The van der Waals surface area contributed by atoms with Gasteiger partial charge in [0, 0.05) is 0 Å². The van der Waals surface area contributed by atoms with E-state index < -0.39 is 0 Å². The molecule has 0 heterocycles. The Morgan fingerprint density at radius 3 is 2.47 bits per heavy atom. The van der Waals surface area contributed by atoms with Crippen LogP contribution in [0.2, 0.25) is 0 Å². The summed E-state index contributed by atoms with van der Waals surface area (Å²) >= 11 is 0. The van der Waals surface area contributed by atoms with Gasteiger partial charge in [-0.2, -0.15) is 0 Å². The first-order chi connectivity index (χ1) is 7.09. The molecular formula is C14H29N. The summed E-state index contributed by atoms with van der Waals surface area (Å²) in [5.41, 5.74) is 0. The monoisotopic (exact) mass is 211 g/mol. The maximum absolute atomic E-state index is 3.56. The largest absolute Gasteiger partial charge is 0.316 e. The average molecular weight is 211 g/mol. The van der Waals surface area contributed by atoms with Gasteiger partial charge in [0.2, 0.25) is 0 Å². The third-order valence-electron chi connectivity index (χ3n) is 3.99. The highest BCUT2D eigenvalue weighted by molar-refractivity contribution is 4.75. The Morgan fingerprint density at radius 2 is 1.87 bits per heavy atom. The Labute approximate surface area is 96.0 Å². The van der Waals surface area contributed by atoms with E-state index in [1.807, 2.05) is 0 Å². The summed E-state index contributed by atoms with van der Waals surface area (Å²) in [6, 6.07) is 0. The second-order valence-corrected chi connectivity index (χ2v) is 6.02. The van der Waals surface area contributed by atoms with Gasteiger partial charge in [0.05, 0.1) is 0 Å². The fourth-order valence-electron chi connectivity index (χ4n) is 2.62. The van der Waals surface area contributed by atoms with Gasteiger partial charge >= 0.3 is 0 Å². The van der Waals surface area contributed by atoms with Crippen molar-refractivity contribution in [3.05, 3.63) is 0 Å². The van der Waals surface area contributed by atoms with Crippen LogP contribution in [0, 0.1) is 23.7 Å². The summed E-state index contributed by atoms with van der Waals surface area (Å²) in [6.07, 6.45) is 5.78. The van der Waals surface area contributed by atoms with Crippen molar-refractivity contribution in [1.29, 1.82) is 0 Å². The van der Waals surface area contributed by atoms with Gasteiger partial charge in [0.15, 0.2) is 0 Å². The van der Waals surface area contributed by atoms with Gasteiger partial charge in [-0.3, -0.25) is 0 Å². The molecule has 1 aliphatic carbocycles. The maximum atomic E-state index is 3.56. The van der Waals surface area contributed by atoms with Crippen molar-refractivity contribution in [1.82, 2.24) is 5.32 Å². The Bertz CT molecular complexity index is 165. The fraction of sp³-hybridized carbons (Fsp3) is 1.00. The summed E-state index contributed by atoms with van der Waals surface area (Å²) in [5.74, 6) is 3.70. The van der Waals surface area contributed by atoms with Crippen LogP contribution in [0.15, 0.2) is 0 Å². The molecule has 1 rings (SSSR count). The molecule has 1 saturated carbocycles. The van der Waals surface area contributed by atoms with E-state index in [2.05, 4.69) is 33.0 Å². The first-order valence-electron chi connectivity index (χ1n) is 6.80. The zero-order valence-electron chi connectivity index (χ0n) is 11.1. The summed E-state index contributed by atoms with van der Waals surface area (Å²) < 4.78 is 0. The third kappa shape index (κ3) is 5.01. The quantitative estimate of drug-likeness (QED) is 0.684. The minimum Gasteiger partial charge on any atom is -0.316 e. The van der Waals surface area contributed by atoms with Gasteiger partial charge in [0.25, 0.3) is 0 Å². The van der Waals surface area contributed by atoms with E-state index in [1.165, 1.54) is 38.8 Å². The average Bonchev–Trinajstić information content (AvgIpc) is 2.18. The lowest BCUT2D eigenvalue weighted by Crippen LogP contribution is -2.26. The summed E-state index contributed by atoms with van der Waals surface area (Å²) in [4.78, 5) is 0. The van der Waals surface area contributed by atoms with Crippen LogP contribution in [0.3, 0.4) is 0 Å². The first-order valence-corrected chi connectivity index (χ1v) is 6.80. The molecule has 0 saturated heterocycles. The minimum absolute atomic E-state index is 0.787. The molecule has 3 unspecified atom stereocenters. The highest BCUT2D eigenvalue weighted by Crippen LogP contribution is 2.34. The maximum Gasteiger partial charge on any atom is -0.00258 e. The number of nitrogens with one attached hydrogen (secondary N) is 1. The van der Waals surface area contributed by atoms with E-state index in [1.54, 1.807) is 0 Å². The van der Waals surface area contributed by atoms with Crippen molar-refractivity contribution < 1.29 is 0 Å². The van der Waals surface area contributed by atoms with E-state index in [-0.39, 0.29) is 0 Å². The predicted molar refractivity (Wildman–Crippen MR) is 68.0 cm³/mol. The van der Waals surface area contributed by atoms with E-state index in [4.69, 9.17) is 0 Å². The van der Waals surface area contributed by atoms with E-state index >= 15 is 0 Å². The molecule has 1 fully saturated rings. The standard InChI is InChI=1S/C14H29N/c1-11(2)10-15-8-7-14-6-5-12(3)13(4)9-14/h11-15H,5-10H2,1-4H3. The van der Waals surface area contributed by atoms with Crippen molar-refractivity contribution in [2.45, 2.75) is 53.4 Å². The van der Waals surface area contributed by atoms with Crippen molar-refractivity contribution in [2.24, 2.45) is 23.7 Å². The lowest BCUT2D eigenvalue weighted by atomic mass is 9.75. The van der Waals surface area contributed by atoms with Gasteiger partial charge < -0.3 is 5.32 Å². The van der Waals surface area contributed by atoms with Crippen LogP contribution in [0.4, 0.5) is 0 Å². The van der Waals surface area contributed by atoms with Gasteiger partial charge in [-0.15, -0.1) is 0 Å². The molecule has 1 nitrogen and oxygen atoms in total. The molecule has 0 radical (unpaired) electrons. The van der Waals surface area contributed by atoms with E-state index in [0.29, 0.717) is 0 Å². The Balaban J connectivity index is 2.07. The van der Waals surface area contributed by atoms with Gasteiger partial charge in [0.1, 0.15) is 0 Å². The van der Waals surface area contributed by atoms with Crippen molar-refractivity contribution in [3.63, 3.8) is 0 Å². The molecular weight excluding hydrogens is 182 g/mol. The van der Waals surface area contributed by atoms with Crippen molar-refractivity contribution >= 4 is 0 Å². The molecule has 15 heavy (non-hydrogen) atoms. The van der Waals surface area contributed by atoms with Crippen LogP contribution in [-0.4, -0.2) is 13.1 Å². The second-order valence-electron chi connectivity index (χ2n) is 6.02. The molecule has 90 valence electrons. The zero-order valence-corrected chi connectivity index (χ0v) is 11.1. The smallest absolute Gasteiger partial charge is 0.00258 e. The lowest BCUT2D eigenvalue weighted by molar-refractivity contribution is 0.199. The molecule has 1 aliphatic rings. The SMILES string of the molecule is CC(C)CNCCC1CCC(C)C(C)C1. The van der Waals surface area contributed by atoms with Crippen LogP contribution < -0.4 is 5.32 Å². The molecule has 1 heteroatoms. The summed E-state index contributed by atoms with van der Waals surface area (Å²) in [6.45, 7) is 11.8. The number of rotatable bonds is 5. The summed E-state index contributed by atoms with van der Waals surface area (Å²) in [7, 11) is 0. The molecule has 0 spiro atoms. The number of hydrogen-bond acceptors (Lipinski definition) is 1. The molecule has 1 N–H and O–H groups in total. The molecule has 0 aromatic heterocycles. The zero-order chi connectivity index (χ0) is 11.3. The van der Waals surface area contributed by atoms with Crippen LogP contribution in [-0.2, 0) is 0 Å². The normalized spacial score (nSPS) is 32.2. The van der Waals surface area contributed by atoms with Crippen LogP contribution in [0.1, 0.15) is 53.4 Å². The lowest BCUT2D eigenvalue weighted by Gasteiger charge is -2.32. The van der Waals surface area contributed by atoms with Gasteiger partial charge in [-0.1, -0.05) is 40.5 Å². The Morgan fingerprint density at radius 1 is 1.13 bits per heavy atom. The second kappa shape index (κ2) is 6.52. The molecule has 0 bridgehead atoms. The van der Waals surface area contributed by atoms with Crippen LogP contribution >= 0.6 is 0 Å². The van der Waals surface area contributed by atoms with Crippen molar-refractivity contribution in [3.8, 4) is 0 Å². The summed E-state index contributed by atoms with van der Waals surface area (Å²) in [5, 5.41) is 3.56. The van der Waals surface area contributed by atoms with Crippen LogP contribution in [0.5, 0.6) is 0 Å². The van der Waals surface area contributed by atoms with Gasteiger partial charge in [-0.05, 0) is 49.6 Å². The topological polar surface area (TPSA) is 12.0 Å². The fourth-order valence-corrected chi connectivity index (χ4v) is 2.62. The van der Waals surface area contributed by atoms with Crippen LogP contribution in [0.25, 0.3) is 0 Å². The first kappa shape index (κ1) is 13.0. The van der Waals surface area contributed by atoms with E-state index in [9.17, 15) is 0 Å². The Hall–Kier alpha value is -0.0400. The molecule has 0 aromatic rings. The predicted octanol–water partition coefficient (Wildman–Crippen LogP) is 3.69. The third-order valence-corrected chi connectivity index (χ3v) is 3.99. The molecule has 3 atom stereocenters. The van der Waals surface area contributed by atoms with Crippen molar-refractivity contribution in [2.75, 3.05) is 13.1 Å². The Kier molecular flexibility index (Phi) is 5.66. The molecule has 0 aliphatic heterocycles. The highest BCUT2D eigenvalue weighted by atomic mass is 14.8. The number of hydrogen-bond donors (Lipinski definition) is 1. The van der Waals surface area contributed by atoms with E-state index in [0.717, 1.165) is 23.7 Å². The minimum atomic E-state index is 0.787. The van der Waals surface area contributed by atoms with Gasteiger partial charge in [-0.25, -0.2) is 0 Å². The molecule has 0 aromatic carbocycles.